The van der Waals surface area contributed by atoms with E-state index < -0.39 is 6.04 Å². The second-order valence-electron chi connectivity index (χ2n) is 14.0. The third-order valence-corrected chi connectivity index (χ3v) is 10.9. The summed E-state index contributed by atoms with van der Waals surface area (Å²) >= 11 is 6.52. The molecule has 4 aromatic rings. The zero-order valence-electron chi connectivity index (χ0n) is 28.9. The molecule has 1 saturated heterocycles. The molecular weight excluding hydrogens is 648 g/mol. The van der Waals surface area contributed by atoms with Gasteiger partial charge in [-0.3, -0.25) is 19.6 Å². The van der Waals surface area contributed by atoms with Gasteiger partial charge in [-0.15, -0.1) is 0 Å². The van der Waals surface area contributed by atoms with E-state index in [1.807, 2.05) is 59.2 Å². The fourth-order valence-corrected chi connectivity index (χ4v) is 8.17. The summed E-state index contributed by atoms with van der Waals surface area (Å²) in [5, 5.41) is 0.715. The van der Waals surface area contributed by atoms with Gasteiger partial charge in [-0.25, -0.2) is 9.78 Å². The predicted octanol–water partition coefficient (Wildman–Crippen LogP) is 6.77. The molecule has 10 heteroatoms. The van der Waals surface area contributed by atoms with Gasteiger partial charge in [-0.2, -0.15) is 0 Å². The second-order valence-corrected chi connectivity index (χ2v) is 14.4. The maximum Gasteiger partial charge on any atom is 0.410 e. The number of imidazole rings is 1. The van der Waals surface area contributed by atoms with E-state index in [2.05, 4.69) is 40.2 Å². The van der Waals surface area contributed by atoms with E-state index in [1.54, 1.807) is 11.2 Å². The summed E-state index contributed by atoms with van der Waals surface area (Å²) in [5.74, 6) is -0.0599. The van der Waals surface area contributed by atoms with Crippen molar-refractivity contribution in [1.82, 2.24) is 29.2 Å². The Morgan fingerprint density at radius 3 is 2.60 bits per heavy atom. The Balaban J connectivity index is 1.21. The van der Waals surface area contributed by atoms with E-state index >= 15 is 4.79 Å². The number of halogens is 1. The van der Waals surface area contributed by atoms with Crippen LogP contribution in [0.1, 0.15) is 78.2 Å². The summed E-state index contributed by atoms with van der Waals surface area (Å²) in [7, 11) is 1.99. The van der Waals surface area contributed by atoms with Crippen molar-refractivity contribution < 1.29 is 14.3 Å². The molecule has 1 aliphatic heterocycles. The largest absolute Gasteiger partial charge is 0.446 e. The summed E-state index contributed by atoms with van der Waals surface area (Å²) in [6.45, 7) is 2.36. The summed E-state index contributed by atoms with van der Waals surface area (Å²) in [5.41, 5.74) is 6.75. The van der Waals surface area contributed by atoms with E-state index in [4.69, 9.17) is 21.3 Å². The van der Waals surface area contributed by atoms with Crippen LogP contribution in [0.25, 0.3) is 0 Å². The minimum atomic E-state index is -0.716. The number of fused-ring (bicyclic) bond motifs is 2. The van der Waals surface area contributed by atoms with Crippen LogP contribution in [0.3, 0.4) is 0 Å². The van der Waals surface area contributed by atoms with Gasteiger partial charge in [0.1, 0.15) is 12.1 Å². The highest BCUT2D eigenvalue weighted by Gasteiger charge is 2.42. The molecule has 50 heavy (non-hydrogen) atoms. The number of benzene rings is 2. The first kappa shape index (κ1) is 34.2. The highest BCUT2D eigenvalue weighted by Crippen LogP contribution is 2.38. The molecule has 7 rings (SSSR count). The molecule has 0 N–H and O–H groups in total. The van der Waals surface area contributed by atoms with Crippen LogP contribution in [0.15, 0.2) is 79.4 Å². The monoisotopic (exact) mass is 694 g/mol. The number of aryl methyl sites for hydroxylation is 4. The molecule has 2 atom stereocenters. The SMILES string of the molecule is Cn1cncc1CCCN(Cc1ccccc1)C(=O)[C@H]1CN([C@H]2c3ccc(Cl)cc3CCc3cccnc32)CCN1C(=O)OC1CCCCC1. The van der Waals surface area contributed by atoms with Gasteiger partial charge in [0.25, 0.3) is 0 Å². The molecule has 3 heterocycles. The summed E-state index contributed by atoms with van der Waals surface area (Å²) < 4.78 is 8.16. The number of hydrogen-bond acceptors (Lipinski definition) is 6. The highest BCUT2D eigenvalue weighted by atomic mass is 35.5. The van der Waals surface area contributed by atoms with Crippen molar-refractivity contribution in [2.24, 2.45) is 7.05 Å². The number of rotatable bonds is 9. The molecule has 3 aliphatic rings. The van der Waals surface area contributed by atoms with Crippen LogP contribution in [0.2, 0.25) is 5.02 Å². The number of carbonyl (C=O) groups excluding carboxylic acids is 2. The Kier molecular flexibility index (Phi) is 10.8. The smallest absolute Gasteiger partial charge is 0.410 e. The van der Waals surface area contributed by atoms with Crippen LogP contribution in [0.5, 0.6) is 0 Å². The van der Waals surface area contributed by atoms with Crippen LogP contribution >= 0.6 is 11.6 Å². The molecule has 2 aliphatic carbocycles. The van der Waals surface area contributed by atoms with Crippen LogP contribution in [-0.2, 0) is 42.4 Å². The van der Waals surface area contributed by atoms with Gasteiger partial charge < -0.3 is 14.2 Å². The first-order valence-corrected chi connectivity index (χ1v) is 18.5. The Morgan fingerprint density at radius 1 is 0.980 bits per heavy atom. The Labute approximate surface area is 300 Å². The minimum absolute atomic E-state index is 0.0599. The van der Waals surface area contributed by atoms with Crippen LogP contribution < -0.4 is 0 Å². The Hall–Kier alpha value is -4.21. The number of ether oxygens (including phenoxy) is 1. The zero-order chi connectivity index (χ0) is 34.5. The summed E-state index contributed by atoms with van der Waals surface area (Å²) in [6.07, 6.45) is 13.4. The number of piperazine rings is 1. The van der Waals surface area contributed by atoms with Crippen molar-refractivity contribution in [2.75, 3.05) is 26.2 Å². The molecule has 0 spiro atoms. The van der Waals surface area contributed by atoms with Gasteiger partial charge in [-0.05, 0) is 91.8 Å². The normalized spacial score (nSPS) is 19.7. The van der Waals surface area contributed by atoms with Crippen LogP contribution in [0, 0.1) is 0 Å². The Bertz CT molecular complexity index is 1770. The minimum Gasteiger partial charge on any atom is -0.446 e. The standard InChI is InChI=1S/C40H47ClN6O3/c1-44-28-42-25-33(44)13-9-21-46(26-29-10-4-2-5-11-29)39(48)36-27-45(22-23-47(36)40(49)50-34-14-6-3-7-15-34)38-35-19-18-32(41)24-31(35)17-16-30-12-8-20-43-37(30)38/h2,4-5,8,10-12,18-20,24-25,28,34,36,38H,3,6-7,9,13-17,21-23,26-27H2,1H3/t36-,38+/m1/s1. The van der Waals surface area contributed by atoms with E-state index in [9.17, 15) is 4.79 Å². The topological polar surface area (TPSA) is 83.8 Å². The molecule has 1 saturated carbocycles. The molecule has 2 amide bonds. The zero-order valence-corrected chi connectivity index (χ0v) is 29.7. The molecule has 0 radical (unpaired) electrons. The van der Waals surface area contributed by atoms with Gasteiger partial charge >= 0.3 is 6.09 Å². The lowest BCUT2D eigenvalue weighted by Gasteiger charge is -2.45. The van der Waals surface area contributed by atoms with Gasteiger partial charge in [-0.1, -0.05) is 60.5 Å². The van der Waals surface area contributed by atoms with Crippen LogP contribution in [0.4, 0.5) is 4.79 Å². The average Bonchev–Trinajstić information content (AvgIpc) is 3.48. The third-order valence-electron chi connectivity index (χ3n) is 10.7. The van der Waals surface area contributed by atoms with Crippen molar-refractivity contribution in [2.45, 2.75) is 82.5 Å². The first-order valence-electron chi connectivity index (χ1n) is 18.2. The van der Waals surface area contributed by atoms with Crippen LogP contribution in [-0.4, -0.2) is 79.6 Å². The molecule has 2 fully saturated rings. The quantitative estimate of drug-likeness (QED) is 0.192. The van der Waals surface area contributed by atoms with Gasteiger partial charge in [0, 0.05) is 62.9 Å². The lowest BCUT2D eigenvalue weighted by Crippen LogP contribution is -2.62. The van der Waals surface area contributed by atoms with Crippen molar-refractivity contribution >= 4 is 23.6 Å². The lowest BCUT2D eigenvalue weighted by atomic mass is 9.95. The number of carbonyl (C=O) groups is 2. The van der Waals surface area contributed by atoms with Gasteiger partial charge in [0.15, 0.2) is 0 Å². The van der Waals surface area contributed by atoms with E-state index in [-0.39, 0.29) is 24.1 Å². The number of pyridine rings is 1. The highest BCUT2D eigenvalue weighted by molar-refractivity contribution is 6.30. The molecular formula is C40H47ClN6O3. The first-order chi connectivity index (χ1) is 24.4. The summed E-state index contributed by atoms with van der Waals surface area (Å²) in [6, 6.07) is 19.5. The van der Waals surface area contributed by atoms with E-state index in [1.165, 1.54) is 17.5 Å². The molecule has 9 nitrogen and oxygen atoms in total. The average molecular weight is 695 g/mol. The van der Waals surface area contributed by atoms with Crippen molar-refractivity contribution in [3.63, 3.8) is 0 Å². The fraction of sp³-hybridized carbons (Fsp3) is 0.450. The maximum absolute atomic E-state index is 15.0. The molecule has 0 unspecified atom stereocenters. The van der Waals surface area contributed by atoms with Crippen molar-refractivity contribution in [1.29, 1.82) is 0 Å². The lowest BCUT2D eigenvalue weighted by molar-refractivity contribution is -0.140. The third kappa shape index (κ3) is 7.74. The number of aromatic nitrogens is 3. The summed E-state index contributed by atoms with van der Waals surface area (Å²) in [4.78, 5) is 44.2. The van der Waals surface area contributed by atoms with E-state index in [0.29, 0.717) is 37.7 Å². The van der Waals surface area contributed by atoms with Crippen molar-refractivity contribution in [3.8, 4) is 0 Å². The predicted molar refractivity (Wildman–Crippen MR) is 194 cm³/mol. The fourth-order valence-electron chi connectivity index (χ4n) is 7.97. The molecule has 2 aromatic carbocycles. The molecule has 2 aromatic heterocycles. The molecule has 0 bridgehead atoms. The number of amides is 2. The van der Waals surface area contributed by atoms with E-state index in [0.717, 1.165) is 73.9 Å². The Morgan fingerprint density at radius 2 is 1.80 bits per heavy atom. The number of hydrogen-bond donors (Lipinski definition) is 0. The van der Waals surface area contributed by atoms with Crippen molar-refractivity contribution in [3.05, 3.63) is 118 Å². The molecule has 262 valence electrons. The van der Waals surface area contributed by atoms with Gasteiger partial charge in [0.05, 0.1) is 18.1 Å². The second kappa shape index (κ2) is 15.8. The number of nitrogens with zero attached hydrogens (tertiary/aromatic N) is 6. The van der Waals surface area contributed by atoms with Gasteiger partial charge in [0.2, 0.25) is 5.91 Å². The maximum atomic E-state index is 15.0.